The van der Waals surface area contributed by atoms with Gasteiger partial charge in [-0.25, -0.2) is 12.8 Å². The summed E-state index contributed by atoms with van der Waals surface area (Å²) in [6, 6.07) is 6.22. The molecule has 0 atom stereocenters. The summed E-state index contributed by atoms with van der Waals surface area (Å²) in [5.41, 5.74) is -0.124. The Morgan fingerprint density at radius 1 is 1.19 bits per heavy atom. The lowest BCUT2D eigenvalue weighted by molar-refractivity contribution is -0.142. The fraction of sp³-hybridized carbons (Fsp3) is 0.611. The molecule has 1 aromatic carbocycles. The number of ether oxygens (including phenoxy) is 1. The molecule has 2 fully saturated rings. The molecule has 8 heteroatoms. The maximum absolute atomic E-state index is 13.8. The number of rotatable bonds is 4. The van der Waals surface area contributed by atoms with Crippen molar-refractivity contribution in [2.24, 2.45) is 0 Å². The lowest BCUT2D eigenvalue weighted by Gasteiger charge is -2.42. The number of sulfonamides is 1. The molecule has 2 aliphatic rings. The first-order valence-electron chi connectivity index (χ1n) is 9.00. The predicted molar refractivity (Wildman–Crippen MR) is 95.7 cm³/mol. The summed E-state index contributed by atoms with van der Waals surface area (Å²) in [4.78, 5) is 15.1. The van der Waals surface area contributed by atoms with E-state index in [4.69, 9.17) is 4.74 Å². The summed E-state index contributed by atoms with van der Waals surface area (Å²) >= 11 is 0. The van der Waals surface area contributed by atoms with Crippen molar-refractivity contribution in [3.63, 3.8) is 0 Å². The number of piperazine rings is 1. The number of benzene rings is 1. The summed E-state index contributed by atoms with van der Waals surface area (Å²) in [6.45, 7) is 3.84. The van der Waals surface area contributed by atoms with Crippen LogP contribution in [0.3, 0.4) is 0 Å². The number of hydrogen-bond acceptors (Lipinski definition) is 4. The Hall–Kier alpha value is -1.51. The standard InChI is InChI=1S/C18H25FN2O4S/c1-2-26(23,24)21-10-8-20(9-11-21)17(22)18(6-12-25-13-7-18)15-4-3-5-16(19)14-15/h3-5,14H,2,6-13H2,1H3. The second-order valence-electron chi connectivity index (χ2n) is 6.80. The minimum absolute atomic E-state index is 0.0556. The molecule has 0 aliphatic carbocycles. The molecule has 0 spiro atoms. The summed E-state index contributed by atoms with van der Waals surface area (Å²) in [6.07, 6.45) is 1.01. The number of hydrogen-bond donors (Lipinski definition) is 0. The SMILES string of the molecule is CCS(=O)(=O)N1CCN(C(=O)C2(c3cccc(F)c3)CCOCC2)CC1. The highest BCUT2D eigenvalue weighted by molar-refractivity contribution is 7.89. The Morgan fingerprint density at radius 3 is 2.42 bits per heavy atom. The zero-order chi connectivity index (χ0) is 18.8. The molecule has 2 heterocycles. The van der Waals surface area contributed by atoms with E-state index < -0.39 is 15.4 Å². The van der Waals surface area contributed by atoms with E-state index in [9.17, 15) is 17.6 Å². The maximum Gasteiger partial charge on any atom is 0.233 e. The van der Waals surface area contributed by atoms with E-state index in [0.29, 0.717) is 57.8 Å². The van der Waals surface area contributed by atoms with E-state index in [0.717, 1.165) is 0 Å². The van der Waals surface area contributed by atoms with Crippen molar-refractivity contribution in [1.82, 2.24) is 9.21 Å². The molecule has 0 saturated carbocycles. The third kappa shape index (κ3) is 3.63. The van der Waals surface area contributed by atoms with E-state index >= 15 is 0 Å². The minimum atomic E-state index is -3.24. The van der Waals surface area contributed by atoms with Gasteiger partial charge in [-0.05, 0) is 37.5 Å². The number of carbonyl (C=O) groups excluding carboxylic acids is 1. The molecule has 3 rings (SSSR count). The number of amides is 1. The van der Waals surface area contributed by atoms with Gasteiger partial charge in [0.2, 0.25) is 15.9 Å². The first-order valence-corrected chi connectivity index (χ1v) is 10.6. The van der Waals surface area contributed by atoms with Crippen molar-refractivity contribution < 1.29 is 22.3 Å². The molecule has 26 heavy (non-hydrogen) atoms. The number of carbonyl (C=O) groups is 1. The van der Waals surface area contributed by atoms with Crippen LogP contribution in [-0.2, 0) is 25.0 Å². The van der Waals surface area contributed by atoms with Crippen molar-refractivity contribution in [3.8, 4) is 0 Å². The second kappa shape index (κ2) is 7.62. The van der Waals surface area contributed by atoms with Gasteiger partial charge in [-0.1, -0.05) is 12.1 Å². The van der Waals surface area contributed by atoms with Crippen LogP contribution >= 0.6 is 0 Å². The number of halogens is 1. The van der Waals surface area contributed by atoms with Crippen LogP contribution in [0.2, 0.25) is 0 Å². The van der Waals surface area contributed by atoms with Crippen LogP contribution in [0.15, 0.2) is 24.3 Å². The van der Waals surface area contributed by atoms with E-state index in [2.05, 4.69) is 0 Å². The molecule has 0 bridgehead atoms. The van der Waals surface area contributed by atoms with Crippen molar-refractivity contribution in [2.45, 2.75) is 25.2 Å². The Labute approximate surface area is 154 Å². The molecule has 144 valence electrons. The molecule has 0 unspecified atom stereocenters. The van der Waals surface area contributed by atoms with Crippen LogP contribution in [0.25, 0.3) is 0 Å². The highest BCUT2D eigenvalue weighted by atomic mass is 32.2. The van der Waals surface area contributed by atoms with Gasteiger partial charge in [0.25, 0.3) is 0 Å². The van der Waals surface area contributed by atoms with Crippen molar-refractivity contribution in [2.75, 3.05) is 45.1 Å². The van der Waals surface area contributed by atoms with Crippen LogP contribution in [0.4, 0.5) is 4.39 Å². The Balaban J connectivity index is 1.82. The summed E-state index contributed by atoms with van der Waals surface area (Å²) in [7, 11) is -3.24. The van der Waals surface area contributed by atoms with Gasteiger partial charge in [-0.2, -0.15) is 4.31 Å². The van der Waals surface area contributed by atoms with Gasteiger partial charge in [0.05, 0.1) is 11.2 Å². The zero-order valence-electron chi connectivity index (χ0n) is 15.0. The van der Waals surface area contributed by atoms with Crippen molar-refractivity contribution in [1.29, 1.82) is 0 Å². The van der Waals surface area contributed by atoms with E-state index in [1.165, 1.54) is 16.4 Å². The molecular formula is C18H25FN2O4S. The average Bonchev–Trinajstić information content (AvgIpc) is 2.68. The zero-order valence-corrected chi connectivity index (χ0v) is 15.8. The topological polar surface area (TPSA) is 66.9 Å². The summed E-state index contributed by atoms with van der Waals surface area (Å²) < 4.78 is 44.7. The highest BCUT2D eigenvalue weighted by Gasteiger charge is 2.45. The van der Waals surface area contributed by atoms with Crippen molar-refractivity contribution >= 4 is 15.9 Å². The maximum atomic E-state index is 13.8. The molecule has 1 aromatic rings. The first kappa shape index (κ1) is 19.3. The van der Waals surface area contributed by atoms with Crippen LogP contribution in [0, 0.1) is 5.82 Å². The Morgan fingerprint density at radius 2 is 1.85 bits per heavy atom. The first-order chi connectivity index (χ1) is 12.4. The fourth-order valence-electron chi connectivity index (χ4n) is 3.79. The van der Waals surface area contributed by atoms with Gasteiger partial charge in [-0.3, -0.25) is 4.79 Å². The summed E-state index contributed by atoms with van der Waals surface area (Å²) in [5.74, 6) is -0.356. The van der Waals surface area contributed by atoms with Crippen LogP contribution < -0.4 is 0 Å². The molecule has 0 N–H and O–H groups in total. The van der Waals surface area contributed by atoms with Gasteiger partial charge >= 0.3 is 0 Å². The third-order valence-corrected chi connectivity index (χ3v) is 7.30. The van der Waals surface area contributed by atoms with Crippen molar-refractivity contribution in [3.05, 3.63) is 35.6 Å². The minimum Gasteiger partial charge on any atom is -0.381 e. The van der Waals surface area contributed by atoms with Gasteiger partial charge in [0.1, 0.15) is 5.82 Å². The molecule has 6 nitrogen and oxygen atoms in total. The normalized spacial score (nSPS) is 21.5. The third-order valence-electron chi connectivity index (χ3n) is 5.42. The summed E-state index contributed by atoms with van der Waals surface area (Å²) in [5, 5.41) is 0. The smallest absolute Gasteiger partial charge is 0.233 e. The van der Waals surface area contributed by atoms with Crippen LogP contribution in [0.1, 0.15) is 25.3 Å². The van der Waals surface area contributed by atoms with E-state index in [1.54, 1.807) is 24.0 Å². The molecule has 1 amide bonds. The van der Waals surface area contributed by atoms with E-state index in [-0.39, 0.29) is 17.5 Å². The molecule has 2 aliphatic heterocycles. The van der Waals surface area contributed by atoms with Crippen LogP contribution in [0.5, 0.6) is 0 Å². The predicted octanol–water partition coefficient (Wildman–Crippen LogP) is 1.37. The van der Waals surface area contributed by atoms with Gasteiger partial charge in [0.15, 0.2) is 0 Å². The van der Waals surface area contributed by atoms with Gasteiger partial charge < -0.3 is 9.64 Å². The largest absolute Gasteiger partial charge is 0.381 e. The Bertz CT molecular complexity index is 754. The van der Waals surface area contributed by atoms with Gasteiger partial charge in [-0.15, -0.1) is 0 Å². The molecule has 0 radical (unpaired) electrons. The second-order valence-corrected chi connectivity index (χ2v) is 9.05. The van der Waals surface area contributed by atoms with Gasteiger partial charge in [0, 0.05) is 39.4 Å². The Kier molecular flexibility index (Phi) is 5.64. The molecular weight excluding hydrogens is 359 g/mol. The quantitative estimate of drug-likeness (QED) is 0.786. The lowest BCUT2D eigenvalue weighted by atomic mass is 9.73. The molecule has 2 saturated heterocycles. The highest BCUT2D eigenvalue weighted by Crippen LogP contribution is 2.37. The number of nitrogens with zero attached hydrogens (tertiary/aromatic N) is 2. The van der Waals surface area contributed by atoms with E-state index in [1.807, 2.05) is 0 Å². The van der Waals surface area contributed by atoms with Crippen LogP contribution in [-0.4, -0.2) is 68.7 Å². The molecule has 0 aromatic heterocycles. The fourth-order valence-corrected chi connectivity index (χ4v) is 4.87. The average molecular weight is 384 g/mol. The monoisotopic (exact) mass is 384 g/mol. The lowest BCUT2D eigenvalue weighted by Crippen LogP contribution is -2.56.